The number of hydrogen-bond donors (Lipinski definition) is 0. The van der Waals surface area contributed by atoms with Crippen molar-refractivity contribution in [3.63, 3.8) is 0 Å². The maximum absolute atomic E-state index is 11.5. The third kappa shape index (κ3) is 4.01. The van der Waals surface area contributed by atoms with Crippen molar-refractivity contribution in [2.24, 2.45) is 0 Å². The summed E-state index contributed by atoms with van der Waals surface area (Å²) in [5.41, 5.74) is 1.02. The lowest BCUT2D eigenvalue weighted by molar-refractivity contribution is -0.142. The van der Waals surface area contributed by atoms with Gasteiger partial charge in [-0.15, -0.1) is 0 Å². The SMILES string of the molecule is CCOC(=O)CC=Cc1cnccc1C(=O)OC. The summed E-state index contributed by atoms with van der Waals surface area (Å²) in [5, 5.41) is 0. The van der Waals surface area contributed by atoms with Crippen LogP contribution in [-0.4, -0.2) is 30.6 Å². The molecule has 18 heavy (non-hydrogen) atoms. The summed E-state index contributed by atoms with van der Waals surface area (Å²) >= 11 is 0. The van der Waals surface area contributed by atoms with Gasteiger partial charge in [0.2, 0.25) is 0 Å². The van der Waals surface area contributed by atoms with Gasteiger partial charge < -0.3 is 9.47 Å². The van der Waals surface area contributed by atoms with Gasteiger partial charge in [-0.25, -0.2) is 4.79 Å². The second-order valence-corrected chi connectivity index (χ2v) is 3.37. The predicted octanol–water partition coefficient (Wildman–Crippen LogP) is 1.83. The van der Waals surface area contributed by atoms with Crippen LogP contribution in [-0.2, 0) is 14.3 Å². The van der Waals surface area contributed by atoms with E-state index in [0.29, 0.717) is 17.7 Å². The topological polar surface area (TPSA) is 65.5 Å². The Labute approximate surface area is 105 Å². The molecule has 5 nitrogen and oxygen atoms in total. The predicted molar refractivity (Wildman–Crippen MR) is 65.9 cm³/mol. The first-order valence-electron chi connectivity index (χ1n) is 5.53. The van der Waals surface area contributed by atoms with Crippen LogP contribution in [0.2, 0.25) is 0 Å². The molecular weight excluding hydrogens is 234 g/mol. The summed E-state index contributed by atoms with van der Waals surface area (Å²) < 4.78 is 9.43. The minimum absolute atomic E-state index is 0.156. The molecule has 0 aliphatic carbocycles. The molecule has 5 heteroatoms. The van der Waals surface area contributed by atoms with E-state index in [0.717, 1.165) is 0 Å². The van der Waals surface area contributed by atoms with Crippen LogP contribution in [0.1, 0.15) is 29.3 Å². The number of hydrogen-bond acceptors (Lipinski definition) is 5. The van der Waals surface area contributed by atoms with Crippen LogP contribution in [0.5, 0.6) is 0 Å². The lowest BCUT2D eigenvalue weighted by atomic mass is 10.1. The van der Waals surface area contributed by atoms with Gasteiger partial charge in [-0.3, -0.25) is 9.78 Å². The number of pyridine rings is 1. The standard InChI is InChI=1S/C13H15NO4/c1-3-18-12(15)6-4-5-10-9-14-8-7-11(10)13(16)17-2/h4-5,7-9H,3,6H2,1-2H3. The van der Waals surface area contributed by atoms with Gasteiger partial charge in [0.25, 0.3) is 0 Å². The zero-order valence-electron chi connectivity index (χ0n) is 10.4. The number of rotatable bonds is 5. The summed E-state index contributed by atoms with van der Waals surface area (Å²) in [6.45, 7) is 2.10. The first-order valence-corrected chi connectivity index (χ1v) is 5.53. The highest BCUT2D eigenvalue weighted by atomic mass is 16.5. The molecule has 0 aliphatic rings. The summed E-state index contributed by atoms with van der Waals surface area (Å²) in [4.78, 5) is 26.5. The van der Waals surface area contributed by atoms with Crippen molar-refractivity contribution in [1.29, 1.82) is 0 Å². The van der Waals surface area contributed by atoms with E-state index in [2.05, 4.69) is 9.72 Å². The van der Waals surface area contributed by atoms with E-state index < -0.39 is 5.97 Å². The van der Waals surface area contributed by atoms with Crippen molar-refractivity contribution in [2.75, 3.05) is 13.7 Å². The maximum atomic E-state index is 11.5. The van der Waals surface area contributed by atoms with E-state index in [4.69, 9.17) is 4.74 Å². The molecule has 0 bridgehead atoms. The molecule has 0 saturated heterocycles. The fourth-order valence-electron chi connectivity index (χ4n) is 1.34. The van der Waals surface area contributed by atoms with Gasteiger partial charge in [0.05, 0.1) is 25.7 Å². The molecule has 0 saturated carbocycles. The number of esters is 2. The van der Waals surface area contributed by atoms with Gasteiger partial charge in [-0.1, -0.05) is 12.2 Å². The second kappa shape index (κ2) is 7.21. The highest BCUT2D eigenvalue weighted by Gasteiger charge is 2.09. The van der Waals surface area contributed by atoms with Gasteiger partial charge in [0.1, 0.15) is 0 Å². The van der Waals surface area contributed by atoms with Gasteiger partial charge in [-0.05, 0) is 13.0 Å². The van der Waals surface area contributed by atoms with E-state index in [-0.39, 0.29) is 12.4 Å². The number of nitrogens with zero attached hydrogens (tertiary/aromatic N) is 1. The summed E-state index contributed by atoms with van der Waals surface area (Å²) in [6, 6.07) is 1.57. The van der Waals surface area contributed by atoms with Gasteiger partial charge in [0, 0.05) is 18.0 Å². The minimum atomic E-state index is -0.437. The zero-order valence-corrected chi connectivity index (χ0v) is 10.4. The molecule has 0 atom stereocenters. The Balaban J connectivity index is 2.75. The molecule has 0 spiro atoms. The fraction of sp³-hybridized carbons (Fsp3) is 0.308. The monoisotopic (exact) mass is 249 g/mol. The molecule has 0 amide bonds. The van der Waals surface area contributed by atoms with Crippen LogP contribution in [0.25, 0.3) is 6.08 Å². The van der Waals surface area contributed by atoms with E-state index in [1.165, 1.54) is 19.5 Å². The Kier molecular flexibility index (Phi) is 5.57. The molecule has 96 valence electrons. The second-order valence-electron chi connectivity index (χ2n) is 3.37. The third-order valence-corrected chi connectivity index (χ3v) is 2.14. The first-order chi connectivity index (χ1) is 8.69. The molecule has 0 N–H and O–H groups in total. The van der Waals surface area contributed by atoms with Crippen LogP contribution in [0, 0.1) is 0 Å². The molecule has 0 aromatic carbocycles. The van der Waals surface area contributed by atoms with Gasteiger partial charge in [0.15, 0.2) is 0 Å². The van der Waals surface area contributed by atoms with Crippen molar-refractivity contribution in [1.82, 2.24) is 4.98 Å². The average Bonchev–Trinajstić information content (AvgIpc) is 2.39. The number of carbonyl (C=O) groups excluding carboxylic acids is 2. The van der Waals surface area contributed by atoms with E-state index >= 15 is 0 Å². The normalized spacial score (nSPS) is 10.3. The quantitative estimate of drug-likeness (QED) is 0.745. The highest BCUT2D eigenvalue weighted by molar-refractivity contribution is 5.93. The summed E-state index contributed by atoms with van der Waals surface area (Å²) in [6.07, 6.45) is 6.48. The van der Waals surface area contributed by atoms with Crippen molar-refractivity contribution in [2.45, 2.75) is 13.3 Å². The molecule has 1 aromatic heterocycles. The van der Waals surface area contributed by atoms with Crippen LogP contribution >= 0.6 is 0 Å². The lowest BCUT2D eigenvalue weighted by Crippen LogP contribution is -2.04. The molecule has 1 rings (SSSR count). The zero-order chi connectivity index (χ0) is 13.4. The first kappa shape index (κ1) is 13.9. The highest BCUT2D eigenvalue weighted by Crippen LogP contribution is 2.10. The fourth-order valence-corrected chi connectivity index (χ4v) is 1.34. The average molecular weight is 249 g/mol. The van der Waals surface area contributed by atoms with E-state index in [1.54, 1.807) is 25.1 Å². The molecule has 0 radical (unpaired) electrons. The van der Waals surface area contributed by atoms with Crippen LogP contribution in [0.3, 0.4) is 0 Å². The smallest absolute Gasteiger partial charge is 0.338 e. The van der Waals surface area contributed by atoms with Crippen LogP contribution in [0.15, 0.2) is 24.5 Å². The Morgan fingerprint density at radius 2 is 2.22 bits per heavy atom. The molecule has 1 heterocycles. The van der Waals surface area contributed by atoms with Crippen molar-refractivity contribution >= 4 is 18.0 Å². The Morgan fingerprint density at radius 1 is 1.44 bits per heavy atom. The molecule has 0 aliphatic heterocycles. The van der Waals surface area contributed by atoms with E-state index in [1.807, 2.05) is 0 Å². The number of methoxy groups -OCH3 is 1. The van der Waals surface area contributed by atoms with Crippen molar-refractivity contribution in [3.05, 3.63) is 35.7 Å². The Hall–Kier alpha value is -2.17. The molecule has 0 unspecified atom stereocenters. The molecule has 1 aromatic rings. The number of ether oxygens (including phenoxy) is 2. The summed E-state index contributed by atoms with van der Waals surface area (Å²) in [5.74, 6) is -0.745. The largest absolute Gasteiger partial charge is 0.466 e. The van der Waals surface area contributed by atoms with Gasteiger partial charge in [-0.2, -0.15) is 0 Å². The minimum Gasteiger partial charge on any atom is -0.466 e. The lowest BCUT2D eigenvalue weighted by Gasteiger charge is -2.02. The van der Waals surface area contributed by atoms with E-state index in [9.17, 15) is 9.59 Å². The van der Waals surface area contributed by atoms with Crippen LogP contribution < -0.4 is 0 Å². The Bertz CT molecular complexity index is 454. The van der Waals surface area contributed by atoms with Crippen molar-refractivity contribution in [3.8, 4) is 0 Å². The summed E-state index contributed by atoms with van der Waals surface area (Å²) in [7, 11) is 1.31. The van der Waals surface area contributed by atoms with Crippen LogP contribution in [0.4, 0.5) is 0 Å². The van der Waals surface area contributed by atoms with Gasteiger partial charge >= 0.3 is 11.9 Å². The number of aromatic nitrogens is 1. The number of carbonyl (C=O) groups is 2. The third-order valence-electron chi connectivity index (χ3n) is 2.14. The maximum Gasteiger partial charge on any atom is 0.338 e. The molecule has 0 fully saturated rings. The molecular formula is C13H15NO4. The Morgan fingerprint density at radius 3 is 2.89 bits per heavy atom. The van der Waals surface area contributed by atoms with Crippen molar-refractivity contribution < 1.29 is 19.1 Å².